The maximum Gasteiger partial charge on any atom is 0.260 e. The van der Waals surface area contributed by atoms with E-state index >= 15 is 0 Å². The van der Waals surface area contributed by atoms with Crippen molar-refractivity contribution in [3.05, 3.63) is 24.3 Å². The van der Waals surface area contributed by atoms with Crippen molar-refractivity contribution in [1.82, 2.24) is 9.80 Å². The van der Waals surface area contributed by atoms with Crippen molar-refractivity contribution in [2.45, 2.75) is 37.8 Å². The van der Waals surface area contributed by atoms with E-state index in [0.717, 1.165) is 24.7 Å². The molecule has 1 aromatic carbocycles. The van der Waals surface area contributed by atoms with Crippen LogP contribution in [0.15, 0.2) is 24.3 Å². The molecule has 0 N–H and O–H groups in total. The van der Waals surface area contributed by atoms with Crippen LogP contribution in [0.25, 0.3) is 0 Å². The zero-order valence-corrected chi connectivity index (χ0v) is 15.8. The molecule has 0 aliphatic heterocycles. The van der Waals surface area contributed by atoms with Gasteiger partial charge in [-0.1, -0.05) is 12.1 Å². The second-order valence-electron chi connectivity index (χ2n) is 7.68. The predicted octanol–water partition coefficient (Wildman–Crippen LogP) is 2.65. The highest BCUT2D eigenvalue weighted by atomic mass is 16.5. The molecule has 2 aliphatic rings. The molecule has 138 valence electrons. The maximum absolute atomic E-state index is 12.5. The van der Waals surface area contributed by atoms with Crippen LogP contribution in [0.3, 0.4) is 0 Å². The third-order valence-corrected chi connectivity index (χ3v) is 6.06. The summed E-state index contributed by atoms with van der Waals surface area (Å²) in [6, 6.07) is 8.50. The minimum absolute atomic E-state index is 0.0417. The first kappa shape index (κ1) is 18.1. The van der Waals surface area contributed by atoms with Crippen molar-refractivity contribution in [1.29, 1.82) is 0 Å². The van der Waals surface area contributed by atoms with Gasteiger partial charge in [0, 0.05) is 19.1 Å². The fraction of sp³-hybridized carbons (Fsp3) is 0.650. The second-order valence-corrected chi connectivity index (χ2v) is 7.68. The Bertz CT molecular complexity index is 590. The molecule has 5 heteroatoms. The van der Waals surface area contributed by atoms with E-state index in [4.69, 9.17) is 9.47 Å². The summed E-state index contributed by atoms with van der Waals surface area (Å²) >= 11 is 0. The van der Waals surface area contributed by atoms with Gasteiger partial charge in [0.2, 0.25) is 0 Å². The number of rotatable bonds is 6. The van der Waals surface area contributed by atoms with Gasteiger partial charge in [-0.3, -0.25) is 4.79 Å². The number of amides is 1. The van der Waals surface area contributed by atoms with Crippen LogP contribution >= 0.6 is 0 Å². The van der Waals surface area contributed by atoms with Crippen LogP contribution in [0.5, 0.6) is 11.5 Å². The first-order valence-corrected chi connectivity index (χ1v) is 9.17. The standard InChI is InChI=1S/C20H30N2O3/c1-21(2)16-9-14-11-17(12-15(14)10-16)22(3)20(23)13-25-19-8-6-5-7-18(19)24-4/h5-8,14-17H,9-13H2,1-4H3/t14-,15+,16?,17?. The molecule has 2 saturated carbocycles. The second kappa shape index (κ2) is 7.65. The van der Waals surface area contributed by atoms with E-state index in [0.29, 0.717) is 23.6 Å². The summed E-state index contributed by atoms with van der Waals surface area (Å²) in [6.07, 6.45) is 4.81. The summed E-state index contributed by atoms with van der Waals surface area (Å²) in [7, 11) is 7.87. The molecule has 2 fully saturated rings. The number of ether oxygens (including phenoxy) is 2. The molecule has 0 saturated heterocycles. The monoisotopic (exact) mass is 346 g/mol. The lowest BCUT2D eigenvalue weighted by Gasteiger charge is -2.27. The molecule has 2 unspecified atom stereocenters. The number of para-hydroxylation sites is 2. The Balaban J connectivity index is 1.51. The Morgan fingerprint density at radius 3 is 2.12 bits per heavy atom. The minimum Gasteiger partial charge on any atom is -0.493 e. The number of nitrogens with zero attached hydrogens (tertiary/aromatic N) is 2. The Hall–Kier alpha value is -1.75. The van der Waals surface area contributed by atoms with Crippen LogP contribution in [-0.4, -0.2) is 62.7 Å². The maximum atomic E-state index is 12.5. The lowest BCUT2D eigenvalue weighted by Crippen LogP contribution is -2.39. The van der Waals surface area contributed by atoms with Crippen molar-refractivity contribution in [3.63, 3.8) is 0 Å². The average molecular weight is 346 g/mol. The van der Waals surface area contributed by atoms with Crippen LogP contribution in [-0.2, 0) is 4.79 Å². The van der Waals surface area contributed by atoms with E-state index in [1.165, 1.54) is 12.8 Å². The molecule has 0 aromatic heterocycles. The van der Waals surface area contributed by atoms with Gasteiger partial charge in [-0.2, -0.15) is 0 Å². The number of likely N-dealkylation sites (N-methyl/N-ethyl adjacent to an activating group) is 1. The minimum atomic E-state index is 0.0417. The predicted molar refractivity (Wildman–Crippen MR) is 98.0 cm³/mol. The Morgan fingerprint density at radius 1 is 1.00 bits per heavy atom. The molecule has 5 nitrogen and oxygen atoms in total. The molecule has 0 spiro atoms. The lowest BCUT2D eigenvalue weighted by atomic mass is 10.0. The first-order valence-electron chi connectivity index (χ1n) is 9.17. The highest BCUT2D eigenvalue weighted by molar-refractivity contribution is 5.78. The molecule has 2 aliphatic carbocycles. The number of fused-ring (bicyclic) bond motifs is 1. The molecular formula is C20H30N2O3. The number of hydrogen-bond acceptors (Lipinski definition) is 4. The van der Waals surface area contributed by atoms with Crippen molar-refractivity contribution in [2.75, 3.05) is 34.9 Å². The largest absolute Gasteiger partial charge is 0.493 e. The third kappa shape index (κ3) is 3.92. The van der Waals surface area contributed by atoms with Gasteiger partial charge < -0.3 is 19.3 Å². The molecule has 25 heavy (non-hydrogen) atoms. The van der Waals surface area contributed by atoms with E-state index in [2.05, 4.69) is 19.0 Å². The van der Waals surface area contributed by atoms with Crippen LogP contribution < -0.4 is 9.47 Å². The molecule has 0 radical (unpaired) electrons. The van der Waals surface area contributed by atoms with Gasteiger partial charge in [-0.05, 0) is 63.7 Å². The Labute approximate surface area is 150 Å². The smallest absolute Gasteiger partial charge is 0.260 e. The van der Waals surface area contributed by atoms with Gasteiger partial charge >= 0.3 is 0 Å². The topological polar surface area (TPSA) is 42.0 Å². The van der Waals surface area contributed by atoms with Crippen molar-refractivity contribution in [2.24, 2.45) is 11.8 Å². The average Bonchev–Trinajstić information content (AvgIpc) is 3.18. The van der Waals surface area contributed by atoms with Crippen LogP contribution in [0.4, 0.5) is 0 Å². The van der Waals surface area contributed by atoms with Crippen molar-refractivity contribution >= 4 is 5.91 Å². The van der Waals surface area contributed by atoms with E-state index in [9.17, 15) is 4.79 Å². The van der Waals surface area contributed by atoms with Gasteiger partial charge in [-0.15, -0.1) is 0 Å². The zero-order valence-electron chi connectivity index (χ0n) is 15.8. The van der Waals surface area contributed by atoms with Crippen LogP contribution in [0, 0.1) is 11.8 Å². The molecule has 0 heterocycles. The van der Waals surface area contributed by atoms with Crippen molar-refractivity contribution in [3.8, 4) is 11.5 Å². The SMILES string of the molecule is COc1ccccc1OCC(=O)N(C)C1C[C@H]2CC(N(C)C)C[C@H]2C1. The zero-order chi connectivity index (χ0) is 18.0. The van der Waals surface area contributed by atoms with Gasteiger partial charge in [-0.25, -0.2) is 0 Å². The number of carbonyl (C=O) groups excluding carboxylic acids is 1. The quantitative estimate of drug-likeness (QED) is 0.794. The number of carbonyl (C=O) groups is 1. The molecular weight excluding hydrogens is 316 g/mol. The summed E-state index contributed by atoms with van der Waals surface area (Å²) in [4.78, 5) is 16.8. The van der Waals surface area contributed by atoms with E-state index in [-0.39, 0.29) is 12.5 Å². The number of benzene rings is 1. The molecule has 0 bridgehead atoms. The highest BCUT2D eigenvalue weighted by Gasteiger charge is 2.44. The van der Waals surface area contributed by atoms with Gasteiger partial charge in [0.1, 0.15) is 0 Å². The van der Waals surface area contributed by atoms with Crippen molar-refractivity contribution < 1.29 is 14.3 Å². The summed E-state index contributed by atoms with van der Waals surface area (Å²) in [5.74, 6) is 2.84. The number of methoxy groups -OCH3 is 1. The van der Waals surface area contributed by atoms with Gasteiger partial charge in [0.15, 0.2) is 18.1 Å². The van der Waals surface area contributed by atoms with Crippen LogP contribution in [0.1, 0.15) is 25.7 Å². The summed E-state index contributed by atoms with van der Waals surface area (Å²) in [5.41, 5.74) is 0. The Morgan fingerprint density at radius 2 is 1.56 bits per heavy atom. The Kier molecular flexibility index (Phi) is 5.52. The normalized spacial score (nSPS) is 28.0. The van der Waals surface area contributed by atoms with Crippen LogP contribution in [0.2, 0.25) is 0 Å². The fourth-order valence-electron chi connectivity index (χ4n) is 4.47. The summed E-state index contributed by atoms with van der Waals surface area (Å²) < 4.78 is 11.0. The first-order chi connectivity index (χ1) is 12.0. The fourth-order valence-corrected chi connectivity index (χ4v) is 4.47. The van der Waals surface area contributed by atoms with E-state index < -0.39 is 0 Å². The molecule has 1 aromatic rings. The van der Waals surface area contributed by atoms with Gasteiger partial charge in [0.25, 0.3) is 5.91 Å². The van der Waals surface area contributed by atoms with E-state index in [1.807, 2.05) is 36.2 Å². The van der Waals surface area contributed by atoms with E-state index in [1.54, 1.807) is 7.11 Å². The molecule has 4 atom stereocenters. The lowest BCUT2D eigenvalue weighted by molar-refractivity contribution is -0.134. The summed E-state index contributed by atoms with van der Waals surface area (Å²) in [5, 5.41) is 0. The highest BCUT2D eigenvalue weighted by Crippen LogP contribution is 2.46. The number of hydrogen-bond donors (Lipinski definition) is 0. The van der Waals surface area contributed by atoms with Gasteiger partial charge in [0.05, 0.1) is 7.11 Å². The third-order valence-electron chi connectivity index (χ3n) is 6.06. The molecule has 1 amide bonds. The molecule has 3 rings (SSSR count). The summed E-state index contributed by atoms with van der Waals surface area (Å²) in [6.45, 7) is 0.0586.